The van der Waals surface area contributed by atoms with E-state index in [1.54, 1.807) is 12.4 Å². The van der Waals surface area contributed by atoms with E-state index in [0.29, 0.717) is 24.9 Å². The molecule has 0 aliphatic carbocycles. The van der Waals surface area contributed by atoms with Gasteiger partial charge in [-0.15, -0.1) is 13.2 Å². The Hall–Kier alpha value is -2.59. The van der Waals surface area contributed by atoms with Gasteiger partial charge in [0.2, 0.25) is 5.95 Å². The van der Waals surface area contributed by atoms with E-state index in [2.05, 4.69) is 19.6 Å². The predicted molar refractivity (Wildman–Crippen MR) is 105 cm³/mol. The van der Waals surface area contributed by atoms with Crippen LogP contribution < -0.4 is 14.4 Å². The average Bonchev–Trinajstić information content (AvgIpc) is 3.47. The van der Waals surface area contributed by atoms with Crippen molar-refractivity contribution in [3.63, 3.8) is 0 Å². The molecule has 2 saturated heterocycles. The number of epoxide rings is 1. The Morgan fingerprint density at radius 3 is 2.29 bits per heavy atom. The van der Waals surface area contributed by atoms with Gasteiger partial charge in [0, 0.05) is 43.9 Å². The Morgan fingerprint density at radius 1 is 1.10 bits per heavy atom. The molecule has 0 spiro atoms. The molecule has 31 heavy (non-hydrogen) atoms. The van der Waals surface area contributed by atoms with Crippen molar-refractivity contribution < 1.29 is 32.1 Å². The van der Waals surface area contributed by atoms with Gasteiger partial charge in [-0.2, -0.15) is 0 Å². The van der Waals surface area contributed by atoms with Crippen LogP contribution >= 0.6 is 0 Å². The first-order valence-electron chi connectivity index (χ1n) is 10.1. The molecule has 2 aliphatic rings. The van der Waals surface area contributed by atoms with Gasteiger partial charge >= 0.3 is 6.36 Å². The van der Waals surface area contributed by atoms with Gasteiger partial charge in [-0.3, -0.25) is 0 Å². The summed E-state index contributed by atoms with van der Waals surface area (Å²) in [4.78, 5) is 11.0. The van der Waals surface area contributed by atoms with E-state index in [0.717, 1.165) is 38.1 Å². The summed E-state index contributed by atoms with van der Waals surface area (Å²) < 4.78 is 57.4. The largest absolute Gasteiger partial charge is 0.573 e. The molecule has 2 fully saturated rings. The highest BCUT2D eigenvalue weighted by Crippen LogP contribution is 2.27. The van der Waals surface area contributed by atoms with Crippen LogP contribution in [0.15, 0.2) is 36.7 Å². The lowest BCUT2D eigenvalue weighted by Crippen LogP contribution is -2.39. The Kier molecular flexibility index (Phi) is 6.19. The number of anilines is 1. The Balaban J connectivity index is 1.21. The molecule has 0 saturated carbocycles. The lowest BCUT2D eigenvalue weighted by atomic mass is 10.1. The fraction of sp³-hybridized carbons (Fsp3) is 0.524. The van der Waals surface area contributed by atoms with Crippen molar-refractivity contribution in [1.82, 2.24) is 9.97 Å². The Bertz CT molecular complexity index is 850. The Labute approximate surface area is 178 Å². The van der Waals surface area contributed by atoms with Crippen LogP contribution in [0.2, 0.25) is 0 Å². The standard InChI is InChI=1S/C21H24F3N3O4/c1-20(14-29-20)13-28-12-15-10-25-19(26-11-15)27-8-6-17(7-9-27)30-16-2-4-18(5-3-16)31-21(22,23)24/h2-5,10-11,17H,6-9,12-14H2,1H3. The maximum Gasteiger partial charge on any atom is 0.573 e. The van der Waals surface area contributed by atoms with Gasteiger partial charge in [0.25, 0.3) is 0 Å². The zero-order valence-corrected chi connectivity index (χ0v) is 17.1. The number of aromatic nitrogens is 2. The molecule has 1 unspecified atom stereocenters. The van der Waals surface area contributed by atoms with E-state index < -0.39 is 6.36 Å². The van der Waals surface area contributed by atoms with E-state index in [1.807, 2.05) is 6.92 Å². The molecule has 7 nitrogen and oxygen atoms in total. The molecule has 1 atom stereocenters. The number of ether oxygens (including phenoxy) is 4. The minimum Gasteiger partial charge on any atom is -0.490 e. The summed E-state index contributed by atoms with van der Waals surface area (Å²) in [6.45, 7) is 5.20. The molecule has 0 amide bonds. The van der Waals surface area contributed by atoms with Crippen molar-refractivity contribution in [2.24, 2.45) is 0 Å². The van der Waals surface area contributed by atoms with Crippen LogP contribution in [-0.4, -0.2) is 54.3 Å². The van der Waals surface area contributed by atoms with Gasteiger partial charge in [-0.1, -0.05) is 0 Å². The van der Waals surface area contributed by atoms with E-state index in [9.17, 15) is 13.2 Å². The second kappa shape index (κ2) is 8.88. The number of halogens is 3. The van der Waals surface area contributed by atoms with Crippen molar-refractivity contribution in [1.29, 1.82) is 0 Å². The molecule has 1 aromatic carbocycles. The van der Waals surface area contributed by atoms with Gasteiger partial charge in [-0.05, 0) is 31.2 Å². The number of hydrogen-bond acceptors (Lipinski definition) is 7. The van der Waals surface area contributed by atoms with Gasteiger partial charge in [0.05, 0.1) is 19.8 Å². The third-order valence-electron chi connectivity index (χ3n) is 5.09. The summed E-state index contributed by atoms with van der Waals surface area (Å²) in [7, 11) is 0. The zero-order valence-electron chi connectivity index (χ0n) is 17.1. The van der Waals surface area contributed by atoms with Crippen LogP contribution in [-0.2, 0) is 16.1 Å². The van der Waals surface area contributed by atoms with Crippen molar-refractivity contribution in [3.8, 4) is 11.5 Å². The van der Waals surface area contributed by atoms with Gasteiger partial charge in [0.15, 0.2) is 0 Å². The Morgan fingerprint density at radius 2 is 1.71 bits per heavy atom. The normalized spacial score (nSPS) is 21.7. The molecule has 2 aromatic rings. The first-order valence-corrected chi connectivity index (χ1v) is 10.1. The van der Waals surface area contributed by atoms with Crippen LogP contribution in [0.3, 0.4) is 0 Å². The third kappa shape index (κ3) is 6.44. The summed E-state index contributed by atoms with van der Waals surface area (Å²) in [6.07, 6.45) is 0.328. The molecular formula is C21H24F3N3O4. The SMILES string of the molecule is CC1(COCc2cnc(N3CCC(Oc4ccc(OC(F)(F)F)cc4)CC3)nc2)CO1. The minimum absolute atomic E-state index is 0.0238. The van der Waals surface area contributed by atoms with Gasteiger partial charge in [0.1, 0.15) is 23.2 Å². The van der Waals surface area contributed by atoms with Crippen molar-refractivity contribution in [2.75, 3.05) is 31.2 Å². The zero-order chi connectivity index (χ0) is 21.9. The first kappa shape index (κ1) is 21.6. The molecule has 3 heterocycles. The fourth-order valence-corrected chi connectivity index (χ4v) is 3.26. The molecule has 10 heteroatoms. The first-order chi connectivity index (χ1) is 14.8. The summed E-state index contributed by atoms with van der Waals surface area (Å²) in [5.74, 6) is 0.906. The molecule has 0 N–H and O–H groups in total. The molecule has 1 aromatic heterocycles. The highest BCUT2D eigenvalue weighted by molar-refractivity contribution is 5.33. The van der Waals surface area contributed by atoms with E-state index in [4.69, 9.17) is 14.2 Å². The number of nitrogens with zero attached hydrogens (tertiary/aromatic N) is 3. The van der Waals surface area contributed by atoms with Crippen molar-refractivity contribution in [2.45, 2.75) is 44.4 Å². The van der Waals surface area contributed by atoms with E-state index in [-0.39, 0.29) is 17.5 Å². The lowest BCUT2D eigenvalue weighted by Gasteiger charge is -2.32. The minimum atomic E-state index is -4.70. The molecular weight excluding hydrogens is 415 g/mol. The monoisotopic (exact) mass is 439 g/mol. The van der Waals surface area contributed by atoms with Crippen LogP contribution in [0.4, 0.5) is 19.1 Å². The van der Waals surface area contributed by atoms with Crippen LogP contribution in [0.25, 0.3) is 0 Å². The maximum absolute atomic E-state index is 12.2. The molecule has 168 valence electrons. The number of alkyl halides is 3. The third-order valence-corrected chi connectivity index (χ3v) is 5.09. The molecule has 0 radical (unpaired) electrons. The van der Waals surface area contributed by atoms with Crippen LogP contribution in [0, 0.1) is 0 Å². The van der Waals surface area contributed by atoms with Crippen molar-refractivity contribution in [3.05, 3.63) is 42.2 Å². The van der Waals surface area contributed by atoms with Crippen molar-refractivity contribution >= 4 is 5.95 Å². The van der Waals surface area contributed by atoms with Crippen LogP contribution in [0.5, 0.6) is 11.5 Å². The van der Waals surface area contributed by atoms with Gasteiger partial charge in [-0.25, -0.2) is 9.97 Å². The topological polar surface area (TPSA) is 69.2 Å². The number of piperidine rings is 1. The summed E-state index contributed by atoms with van der Waals surface area (Å²) >= 11 is 0. The van der Waals surface area contributed by atoms with E-state index in [1.165, 1.54) is 24.3 Å². The number of rotatable bonds is 8. The van der Waals surface area contributed by atoms with Crippen LogP contribution in [0.1, 0.15) is 25.3 Å². The second-order valence-electron chi connectivity index (χ2n) is 7.95. The molecule has 0 bridgehead atoms. The summed E-state index contributed by atoms with van der Waals surface area (Å²) in [5, 5.41) is 0. The molecule has 2 aliphatic heterocycles. The highest BCUT2D eigenvalue weighted by atomic mass is 19.4. The quantitative estimate of drug-likeness (QED) is 0.581. The predicted octanol–water partition coefficient (Wildman–Crippen LogP) is 3.73. The number of hydrogen-bond donors (Lipinski definition) is 0. The highest BCUT2D eigenvalue weighted by Gasteiger charge is 2.39. The second-order valence-corrected chi connectivity index (χ2v) is 7.95. The average molecular weight is 439 g/mol. The number of benzene rings is 1. The van der Waals surface area contributed by atoms with E-state index >= 15 is 0 Å². The molecule has 4 rings (SSSR count). The fourth-order valence-electron chi connectivity index (χ4n) is 3.26. The summed E-state index contributed by atoms with van der Waals surface area (Å²) in [5.41, 5.74) is 0.774. The lowest BCUT2D eigenvalue weighted by molar-refractivity contribution is -0.274. The van der Waals surface area contributed by atoms with Gasteiger partial charge < -0.3 is 23.8 Å². The maximum atomic E-state index is 12.2. The smallest absolute Gasteiger partial charge is 0.490 e. The summed E-state index contributed by atoms with van der Waals surface area (Å²) in [6, 6.07) is 5.45.